The van der Waals surface area contributed by atoms with Crippen LogP contribution in [0.4, 0.5) is 0 Å². The molecule has 0 aliphatic heterocycles. The maximum Gasteiger partial charge on any atom is 0.0435 e. The summed E-state index contributed by atoms with van der Waals surface area (Å²) < 4.78 is 0. The van der Waals surface area contributed by atoms with Crippen LogP contribution >= 0.6 is 11.6 Å². The molecule has 0 aliphatic rings. The van der Waals surface area contributed by atoms with Crippen molar-refractivity contribution in [2.24, 2.45) is 0 Å². The molecule has 1 heteroatoms. The van der Waals surface area contributed by atoms with E-state index in [1.54, 1.807) is 0 Å². The van der Waals surface area contributed by atoms with Gasteiger partial charge >= 0.3 is 0 Å². The van der Waals surface area contributed by atoms with Crippen LogP contribution in [0.25, 0.3) is 11.1 Å². The number of hydrogen-bond acceptors (Lipinski definition) is 0. The van der Waals surface area contributed by atoms with Gasteiger partial charge in [0.05, 0.1) is 0 Å². The molecular formula is C15H17Cl. The van der Waals surface area contributed by atoms with Gasteiger partial charge in [-0.2, -0.15) is 0 Å². The van der Waals surface area contributed by atoms with Crippen LogP contribution in [0.2, 0.25) is 5.02 Å². The van der Waals surface area contributed by atoms with E-state index < -0.39 is 0 Å². The minimum Gasteiger partial charge on any atom is -0.0841 e. The van der Waals surface area contributed by atoms with Crippen LogP contribution in [0.1, 0.15) is 19.4 Å². The van der Waals surface area contributed by atoms with E-state index in [4.69, 9.17) is 11.6 Å². The van der Waals surface area contributed by atoms with E-state index in [1.165, 1.54) is 11.1 Å². The van der Waals surface area contributed by atoms with Crippen molar-refractivity contribution in [2.75, 3.05) is 0 Å². The van der Waals surface area contributed by atoms with Crippen molar-refractivity contribution in [3.63, 3.8) is 0 Å². The Balaban J connectivity index is 0.000000606. The van der Waals surface area contributed by atoms with Gasteiger partial charge in [0, 0.05) is 5.02 Å². The molecule has 0 spiro atoms. The number of hydrogen-bond donors (Lipinski definition) is 0. The summed E-state index contributed by atoms with van der Waals surface area (Å²) in [6, 6.07) is 16.4. The molecule has 0 radical (unpaired) electrons. The molecule has 2 rings (SSSR count). The molecular weight excluding hydrogens is 216 g/mol. The van der Waals surface area contributed by atoms with Gasteiger partial charge in [-0.05, 0) is 35.7 Å². The minimum atomic E-state index is 0.824. The highest BCUT2D eigenvalue weighted by Gasteiger charge is 1.99. The zero-order chi connectivity index (χ0) is 12.0. The molecule has 0 bridgehead atoms. The van der Waals surface area contributed by atoms with E-state index in [0.29, 0.717) is 0 Å². The highest BCUT2D eigenvalue weighted by molar-refractivity contribution is 6.31. The Morgan fingerprint density at radius 3 is 2.00 bits per heavy atom. The predicted octanol–water partition coefficient (Wildman–Crippen LogP) is 5.34. The molecule has 0 heterocycles. The van der Waals surface area contributed by atoms with Crippen LogP contribution in [0, 0.1) is 6.92 Å². The Hall–Kier alpha value is -1.27. The number of rotatable bonds is 1. The largest absolute Gasteiger partial charge is 0.0841 e. The summed E-state index contributed by atoms with van der Waals surface area (Å²) >= 11 is 5.97. The third-order valence-corrected chi connectivity index (χ3v) is 2.69. The van der Waals surface area contributed by atoms with Gasteiger partial charge in [-0.25, -0.2) is 0 Å². The molecule has 2 aromatic carbocycles. The lowest BCUT2D eigenvalue weighted by atomic mass is 10.0. The summed E-state index contributed by atoms with van der Waals surface area (Å²) in [7, 11) is 0. The summed E-state index contributed by atoms with van der Waals surface area (Å²) in [5.74, 6) is 0. The second-order valence-corrected chi connectivity index (χ2v) is 3.74. The summed E-state index contributed by atoms with van der Waals surface area (Å²) in [5, 5.41) is 0.824. The van der Waals surface area contributed by atoms with E-state index in [9.17, 15) is 0 Å². The van der Waals surface area contributed by atoms with Gasteiger partial charge in [-0.15, -0.1) is 0 Å². The van der Waals surface area contributed by atoms with E-state index in [1.807, 2.05) is 51.1 Å². The highest BCUT2D eigenvalue weighted by atomic mass is 35.5. The zero-order valence-corrected chi connectivity index (χ0v) is 10.8. The van der Waals surface area contributed by atoms with E-state index in [2.05, 4.69) is 18.2 Å². The summed E-state index contributed by atoms with van der Waals surface area (Å²) in [4.78, 5) is 0. The van der Waals surface area contributed by atoms with Gasteiger partial charge in [-0.3, -0.25) is 0 Å². The van der Waals surface area contributed by atoms with Crippen LogP contribution in [-0.4, -0.2) is 0 Å². The Morgan fingerprint density at radius 1 is 0.812 bits per heavy atom. The van der Waals surface area contributed by atoms with Gasteiger partial charge in [0.1, 0.15) is 0 Å². The van der Waals surface area contributed by atoms with Gasteiger partial charge in [0.15, 0.2) is 0 Å². The highest BCUT2D eigenvalue weighted by Crippen LogP contribution is 2.24. The Morgan fingerprint density at radius 2 is 1.44 bits per heavy atom. The molecule has 0 saturated heterocycles. The van der Waals surface area contributed by atoms with E-state index >= 15 is 0 Å². The first kappa shape index (κ1) is 12.8. The van der Waals surface area contributed by atoms with Gasteiger partial charge < -0.3 is 0 Å². The van der Waals surface area contributed by atoms with Gasteiger partial charge in [0.2, 0.25) is 0 Å². The fraction of sp³-hybridized carbons (Fsp3) is 0.200. The number of aryl methyl sites for hydroxylation is 1. The van der Waals surface area contributed by atoms with Crippen molar-refractivity contribution in [2.45, 2.75) is 20.8 Å². The second kappa shape index (κ2) is 6.34. The fourth-order valence-electron chi connectivity index (χ4n) is 1.45. The van der Waals surface area contributed by atoms with Crippen LogP contribution in [0.15, 0.2) is 48.5 Å². The topological polar surface area (TPSA) is 0 Å². The average Bonchev–Trinajstić information content (AvgIpc) is 2.36. The lowest BCUT2D eigenvalue weighted by molar-refractivity contribution is 1.46. The minimum absolute atomic E-state index is 0.824. The first-order valence-corrected chi connectivity index (χ1v) is 5.97. The van der Waals surface area contributed by atoms with Crippen LogP contribution < -0.4 is 0 Å². The number of halogens is 1. The molecule has 0 aliphatic carbocycles. The first-order chi connectivity index (χ1) is 7.77. The SMILES string of the molecule is CC.Cc1cc(-c2ccccc2)ccc1Cl. The van der Waals surface area contributed by atoms with Crippen molar-refractivity contribution in [3.05, 3.63) is 59.1 Å². The van der Waals surface area contributed by atoms with E-state index in [0.717, 1.165) is 10.6 Å². The third kappa shape index (κ3) is 3.11. The molecule has 0 aromatic heterocycles. The molecule has 0 atom stereocenters. The smallest absolute Gasteiger partial charge is 0.0435 e. The molecule has 0 saturated carbocycles. The molecule has 0 nitrogen and oxygen atoms in total. The van der Waals surface area contributed by atoms with Gasteiger partial charge in [0.25, 0.3) is 0 Å². The van der Waals surface area contributed by atoms with Crippen molar-refractivity contribution < 1.29 is 0 Å². The van der Waals surface area contributed by atoms with Crippen LogP contribution in [-0.2, 0) is 0 Å². The fourth-order valence-corrected chi connectivity index (χ4v) is 1.57. The molecule has 16 heavy (non-hydrogen) atoms. The standard InChI is InChI=1S/C13H11Cl.C2H6/c1-10-9-12(7-8-13(10)14)11-5-3-2-4-6-11;1-2/h2-9H,1H3;1-2H3. The summed E-state index contributed by atoms with van der Waals surface area (Å²) in [6.45, 7) is 6.02. The molecule has 0 N–H and O–H groups in total. The quantitative estimate of drug-likeness (QED) is 0.623. The summed E-state index contributed by atoms with van der Waals surface area (Å²) in [5.41, 5.74) is 3.56. The lowest BCUT2D eigenvalue weighted by Gasteiger charge is -2.03. The normalized spacial score (nSPS) is 9.25. The predicted molar refractivity (Wildman–Crippen MR) is 73.0 cm³/mol. The average molecular weight is 233 g/mol. The zero-order valence-electron chi connectivity index (χ0n) is 10.00. The molecule has 0 fully saturated rings. The monoisotopic (exact) mass is 232 g/mol. The van der Waals surface area contributed by atoms with Crippen molar-refractivity contribution in [3.8, 4) is 11.1 Å². The maximum atomic E-state index is 5.97. The Bertz CT molecular complexity index is 432. The molecule has 2 aromatic rings. The maximum absolute atomic E-state index is 5.97. The third-order valence-electron chi connectivity index (χ3n) is 2.27. The number of benzene rings is 2. The molecule has 0 amide bonds. The van der Waals surface area contributed by atoms with Gasteiger partial charge in [-0.1, -0.05) is 61.8 Å². The van der Waals surface area contributed by atoms with Crippen LogP contribution in [0.3, 0.4) is 0 Å². The summed E-state index contributed by atoms with van der Waals surface area (Å²) in [6.07, 6.45) is 0. The lowest BCUT2D eigenvalue weighted by Crippen LogP contribution is -1.79. The van der Waals surface area contributed by atoms with Crippen molar-refractivity contribution in [1.29, 1.82) is 0 Å². The Labute approximate surface area is 103 Å². The Kier molecular flexibility index (Phi) is 5.07. The van der Waals surface area contributed by atoms with E-state index in [-0.39, 0.29) is 0 Å². The second-order valence-electron chi connectivity index (χ2n) is 3.33. The molecule has 0 unspecified atom stereocenters. The molecule has 84 valence electrons. The van der Waals surface area contributed by atoms with Crippen molar-refractivity contribution in [1.82, 2.24) is 0 Å². The first-order valence-electron chi connectivity index (χ1n) is 5.59. The van der Waals surface area contributed by atoms with Crippen LogP contribution in [0.5, 0.6) is 0 Å². The van der Waals surface area contributed by atoms with Crippen molar-refractivity contribution >= 4 is 11.6 Å².